The Balaban J connectivity index is 2.97. The fourth-order valence-corrected chi connectivity index (χ4v) is 1.77. The van der Waals surface area contributed by atoms with Crippen molar-refractivity contribution in [3.63, 3.8) is 0 Å². The SMILES string of the molecule is CCC[C@@H](NC(=O)c1cc(OC)ccc1OC)C(=O)O. The molecule has 1 amide bonds. The van der Waals surface area contributed by atoms with Crippen molar-refractivity contribution in [1.82, 2.24) is 5.32 Å². The Morgan fingerprint density at radius 1 is 1.30 bits per heavy atom. The zero-order chi connectivity index (χ0) is 15.1. The Morgan fingerprint density at radius 2 is 2.00 bits per heavy atom. The van der Waals surface area contributed by atoms with Crippen LogP contribution in [0.15, 0.2) is 18.2 Å². The number of benzene rings is 1. The van der Waals surface area contributed by atoms with Crippen LogP contribution < -0.4 is 14.8 Å². The molecule has 0 heterocycles. The van der Waals surface area contributed by atoms with Gasteiger partial charge in [0.15, 0.2) is 0 Å². The highest BCUT2D eigenvalue weighted by molar-refractivity contribution is 5.99. The minimum atomic E-state index is -1.05. The topological polar surface area (TPSA) is 84.9 Å². The van der Waals surface area contributed by atoms with Gasteiger partial charge < -0.3 is 19.9 Å². The molecule has 0 aromatic heterocycles. The van der Waals surface area contributed by atoms with Crippen LogP contribution in [0.2, 0.25) is 0 Å². The van der Waals surface area contributed by atoms with Gasteiger partial charge in [-0.05, 0) is 24.6 Å². The van der Waals surface area contributed by atoms with Gasteiger partial charge in [-0.3, -0.25) is 4.79 Å². The average molecular weight is 281 g/mol. The largest absolute Gasteiger partial charge is 0.497 e. The van der Waals surface area contributed by atoms with E-state index in [2.05, 4.69) is 5.32 Å². The lowest BCUT2D eigenvalue weighted by atomic mass is 10.1. The van der Waals surface area contributed by atoms with Crippen molar-refractivity contribution in [2.75, 3.05) is 14.2 Å². The minimum absolute atomic E-state index is 0.245. The van der Waals surface area contributed by atoms with Gasteiger partial charge in [0.05, 0.1) is 19.8 Å². The molecule has 1 aromatic rings. The number of nitrogens with one attached hydrogen (secondary N) is 1. The normalized spacial score (nSPS) is 11.6. The van der Waals surface area contributed by atoms with Crippen LogP contribution in [-0.2, 0) is 4.79 Å². The first-order chi connectivity index (χ1) is 9.53. The number of amides is 1. The summed E-state index contributed by atoms with van der Waals surface area (Å²) in [5.74, 6) is -0.689. The quantitative estimate of drug-likeness (QED) is 0.794. The highest BCUT2D eigenvalue weighted by atomic mass is 16.5. The summed E-state index contributed by atoms with van der Waals surface area (Å²) in [6.07, 6.45) is 1.03. The molecule has 1 aromatic carbocycles. The monoisotopic (exact) mass is 281 g/mol. The number of rotatable bonds is 7. The van der Waals surface area contributed by atoms with Crippen molar-refractivity contribution in [2.24, 2.45) is 0 Å². The second kappa shape index (κ2) is 7.37. The highest BCUT2D eigenvalue weighted by Gasteiger charge is 2.22. The third-order valence-corrected chi connectivity index (χ3v) is 2.83. The van der Waals surface area contributed by atoms with Crippen LogP contribution in [0.3, 0.4) is 0 Å². The van der Waals surface area contributed by atoms with Crippen molar-refractivity contribution in [1.29, 1.82) is 0 Å². The Kier molecular flexibility index (Phi) is 5.83. The molecule has 0 unspecified atom stereocenters. The van der Waals surface area contributed by atoms with Gasteiger partial charge in [-0.15, -0.1) is 0 Å². The number of carboxylic acid groups (broad SMARTS) is 1. The predicted octanol–water partition coefficient (Wildman–Crippen LogP) is 1.69. The molecule has 6 heteroatoms. The molecule has 0 saturated heterocycles. The van der Waals surface area contributed by atoms with Crippen LogP contribution in [0.25, 0.3) is 0 Å². The maximum absolute atomic E-state index is 12.2. The molecule has 0 radical (unpaired) electrons. The van der Waals surface area contributed by atoms with E-state index >= 15 is 0 Å². The van der Waals surface area contributed by atoms with Gasteiger partial charge in [0.1, 0.15) is 17.5 Å². The van der Waals surface area contributed by atoms with E-state index in [4.69, 9.17) is 14.6 Å². The zero-order valence-electron chi connectivity index (χ0n) is 11.8. The van der Waals surface area contributed by atoms with Crippen molar-refractivity contribution < 1.29 is 24.2 Å². The Hall–Kier alpha value is -2.24. The van der Waals surface area contributed by atoms with E-state index in [-0.39, 0.29) is 5.56 Å². The first kappa shape index (κ1) is 15.8. The van der Waals surface area contributed by atoms with Crippen LogP contribution in [0, 0.1) is 0 Å². The van der Waals surface area contributed by atoms with Gasteiger partial charge >= 0.3 is 5.97 Å². The third kappa shape index (κ3) is 3.88. The molecule has 6 nitrogen and oxygen atoms in total. The number of carboxylic acids is 1. The van der Waals surface area contributed by atoms with E-state index in [0.29, 0.717) is 24.3 Å². The van der Waals surface area contributed by atoms with E-state index in [1.807, 2.05) is 6.92 Å². The lowest BCUT2D eigenvalue weighted by Crippen LogP contribution is -2.40. The van der Waals surface area contributed by atoms with E-state index in [1.54, 1.807) is 12.1 Å². The van der Waals surface area contributed by atoms with Crippen LogP contribution >= 0.6 is 0 Å². The van der Waals surface area contributed by atoms with Crippen LogP contribution in [0.4, 0.5) is 0 Å². The van der Waals surface area contributed by atoms with E-state index in [9.17, 15) is 9.59 Å². The molecule has 0 saturated carbocycles. The predicted molar refractivity (Wildman–Crippen MR) is 73.3 cm³/mol. The van der Waals surface area contributed by atoms with Gasteiger partial charge in [0.2, 0.25) is 0 Å². The number of hydrogen-bond acceptors (Lipinski definition) is 4. The van der Waals surface area contributed by atoms with Gasteiger partial charge in [0, 0.05) is 0 Å². The third-order valence-electron chi connectivity index (χ3n) is 2.83. The summed E-state index contributed by atoms with van der Waals surface area (Å²) < 4.78 is 10.2. The molecule has 20 heavy (non-hydrogen) atoms. The first-order valence-corrected chi connectivity index (χ1v) is 6.29. The van der Waals surface area contributed by atoms with Crippen molar-refractivity contribution >= 4 is 11.9 Å². The summed E-state index contributed by atoms with van der Waals surface area (Å²) in [7, 11) is 2.93. The van der Waals surface area contributed by atoms with Gasteiger partial charge in [-0.1, -0.05) is 13.3 Å². The lowest BCUT2D eigenvalue weighted by Gasteiger charge is -2.15. The number of ether oxygens (including phenoxy) is 2. The van der Waals surface area contributed by atoms with Crippen LogP contribution in [0.5, 0.6) is 11.5 Å². The standard InChI is InChI=1S/C14H19NO5/c1-4-5-11(14(17)18)15-13(16)10-8-9(19-2)6-7-12(10)20-3/h6-8,11H,4-5H2,1-3H3,(H,15,16)(H,17,18)/t11-/m1/s1. The highest BCUT2D eigenvalue weighted by Crippen LogP contribution is 2.24. The van der Waals surface area contributed by atoms with Crippen molar-refractivity contribution in [3.8, 4) is 11.5 Å². The maximum atomic E-state index is 12.2. The smallest absolute Gasteiger partial charge is 0.326 e. The Labute approximate surface area is 117 Å². The molecule has 0 bridgehead atoms. The van der Waals surface area contributed by atoms with Gasteiger partial charge in [-0.2, -0.15) is 0 Å². The summed E-state index contributed by atoms with van der Waals surface area (Å²) in [4.78, 5) is 23.2. The summed E-state index contributed by atoms with van der Waals surface area (Å²) in [6.45, 7) is 1.86. The second-order valence-electron chi connectivity index (χ2n) is 4.22. The molecule has 110 valence electrons. The average Bonchev–Trinajstić information content (AvgIpc) is 2.45. The fourth-order valence-electron chi connectivity index (χ4n) is 1.77. The number of aliphatic carboxylic acids is 1. The Morgan fingerprint density at radius 3 is 2.50 bits per heavy atom. The number of methoxy groups -OCH3 is 2. The van der Waals surface area contributed by atoms with Crippen LogP contribution in [-0.4, -0.2) is 37.2 Å². The molecule has 0 spiro atoms. The van der Waals surface area contributed by atoms with E-state index in [0.717, 1.165) is 0 Å². The molecule has 0 aliphatic heterocycles. The Bertz CT molecular complexity index is 486. The number of carbonyl (C=O) groups excluding carboxylic acids is 1. The van der Waals surface area contributed by atoms with Gasteiger partial charge in [-0.25, -0.2) is 4.79 Å². The van der Waals surface area contributed by atoms with Gasteiger partial charge in [0.25, 0.3) is 5.91 Å². The molecule has 2 N–H and O–H groups in total. The van der Waals surface area contributed by atoms with Crippen LogP contribution in [0.1, 0.15) is 30.1 Å². The molecule has 0 aliphatic carbocycles. The molecular weight excluding hydrogens is 262 g/mol. The molecular formula is C14H19NO5. The maximum Gasteiger partial charge on any atom is 0.326 e. The molecule has 1 rings (SSSR count). The molecule has 0 fully saturated rings. The van der Waals surface area contributed by atoms with E-state index in [1.165, 1.54) is 20.3 Å². The van der Waals surface area contributed by atoms with Crippen molar-refractivity contribution in [3.05, 3.63) is 23.8 Å². The fraction of sp³-hybridized carbons (Fsp3) is 0.429. The summed E-state index contributed by atoms with van der Waals surface area (Å²) in [6, 6.07) is 3.86. The van der Waals surface area contributed by atoms with E-state index < -0.39 is 17.9 Å². The number of carbonyl (C=O) groups is 2. The zero-order valence-corrected chi connectivity index (χ0v) is 11.8. The summed E-state index contributed by atoms with van der Waals surface area (Å²) >= 11 is 0. The minimum Gasteiger partial charge on any atom is -0.497 e. The molecule has 0 aliphatic rings. The lowest BCUT2D eigenvalue weighted by molar-refractivity contribution is -0.139. The number of hydrogen-bond donors (Lipinski definition) is 2. The summed E-state index contributed by atoms with van der Waals surface area (Å²) in [5.41, 5.74) is 0.245. The molecule has 1 atom stereocenters. The summed E-state index contributed by atoms with van der Waals surface area (Å²) in [5, 5.41) is 11.5. The second-order valence-corrected chi connectivity index (χ2v) is 4.22. The first-order valence-electron chi connectivity index (χ1n) is 6.29. The van der Waals surface area contributed by atoms with Crippen molar-refractivity contribution in [2.45, 2.75) is 25.8 Å².